The zero-order valence-corrected chi connectivity index (χ0v) is 11.6. The van der Waals surface area contributed by atoms with Gasteiger partial charge in [0, 0.05) is 18.0 Å². The van der Waals surface area contributed by atoms with Gasteiger partial charge in [0.05, 0.1) is 11.0 Å². The van der Waals surface area contributed by atoms with Gasteiger partial charge in [0.1, 0.15) is 5.82 Å². The number of benzene rings is 2. The first-order valence-corrected chi connectivity index (χ1v) is 6.92. The molecule has 0 aliphatic heterocycles. The number of alkyl halides is 1. The molecule has 0 radical (unpaired) electrons. The van der Waals surface area contributed by atoms with Crippen molar-refractivity contribution in [3.05, 3.63) is 59.9 Å². The van der Waals surface area contributed by atoms with Crippen molar-refractivity contribution in [2.75, 3.05) is 5.88 Å². The maximum atomic E-state index is 5.90. The zero-order valence-electron chi connectivity index (χ0n) is 10.8. The van der Waals surface area contributed by atoms with Crippen molar-refractivity contribution in [2.45, 2.75) is 13.3 Å². The van der Waals surface area contributed by atoms with E-state index >= 15 is 0 Å². The van der Waals surface area contributed by atoms with E-state index < -0.39 is 0 Å². The summed E-state index contributed by atoms with van der Waals surface area (Å²) in [5.74, 6) is 1.59. The molecule has 1 heterocycles. The molecule has 3 aromatic rings. The number of aromatic nitrogens is 2. The SMILES string of the molecule is Cc1cccc(-n2c(CCCl)nc3ccccc32)c1. The van der Waals surface area contributed by atoms with E-state index in [1.165, 1.54) is 5.56 Å². The highest BCUT2D eigenvalue weighted by molar-refractivity contribution is 6.17. The van der Waals surface area contributed by atoms with Gasteiger partial charge in [-0.3, -0.25) is 4.57 Å². The zero-order chi connectivity index (χ0) is 13.2. The van der Waals surface area contributed by atoms with E-state index in [1.807, 2.05) is 18.2 Å². The molecule has 19 heavy (non-hydrogen) atoms. The quantitative estimate of drug-likeness (QED) is 0.655. The summed E-state index contributed by atoms with van der Waals surface area (Å²) in [4.78, 5) is 4.69. The lowest BCUT2D eigenvalue weighted by Gasteiger charge is -2.09. The fourth-order valence-electron chi connectivity index (χ4n) is 2.38. The molecule has 0 spiro atoms. The van der Waals surface area contributed by atoms with E-state index in [0.29, 0.717) is 5.88 Å². The first kappa shape index (κ1) is 12.2. The van der Waals surface area contributed by atoms with Crippen molar-refractivity contribution in [3.8, 4) is 5.69 Å². The number of aryl methyl sites for hydroxylation is 2. The lowest BCUT2D eigenvalue weighted by Crippen LogP contribution is -2.02. The average molecular weight is 271 g/mol. The molecule has 2 nitrogen and oxygen atoms in total. The Hall–Kier alpha value is -1.80. The van der Waals surface area contributed by atoms with Crippen LogP contribution in [0.3, 0.4) is 0 Å². The molecule has 0 amide bonds. The number of hydrogen-bond donors (Lipinski definition) is 0. The molecule has 0 aliphatic carbocycles. The third-order valence-electron chi connectivity index (χ3n) is 3.21. The smallest absolute Gasteiger partial charge is 0.115 e. The van der Waals surface area contributed by atoms with Crippen LogP contribution >= 0.6 is 11.6 Å². The fraction of sp³-hybridized carbons (Fsp3) is 0.188. The number of nitrogens with zero attached hydrogens (tertiary/aromatic N) is 2. The highest BCUT2D eigenvalue weighted by Crippen LogP contribution is 2.22. The van der Waals surface area contributed by atoms with E-state index in [9.17, 15) is 0 Å². The van der Waals surface area contributed by atoms with Crippen LogP contribution in [0.2, 0.25) is 0 Å². The number of hydrogen-bond acceptors (Lipinski definition) is 1. The molecule has 0 saturated carbocycles. The van der Waals surface area contributed by atoms with Crippen LogP contribution in [0.15, 0.2) is 48.5 Å². The summed E-state index contributed by atoms with van der Waals surface area (Å²) < 4.78 is 2.20. The highest BCUT2D eigenvalue weighted by Gasteiger charge is 2.11. The van der Waals surface area contributed by atoms with E-state index in [0.717, 1.165) is 29.0 Å². The number of imidazole rings is 1. The van der Waals surface area contributed by atoms with Crippen LogP contribution < -0.4 is 0 Å². The topological polar surface area (TPSA) is 17.8 Å². The first-order valence-electron chi connectivity index (χ1n) is 6.39. The Labute approximate surface area is 117 Å². The summed E-state index contributed by atoms with van der Waals surface area (Å²) in [6.45, 7) is 2.10. The Balaban J connectivity index is 2.28. The van der Waals surface area contributed by atoms with Gasteiger partial charge in [0.25, 0.3) is 0 Å². The maximum absolute atomic E-state index is 5.90. The molecule has 0 fully saturated rings. The molecule has 0 bridgehead atoms. The molecular formula is C16H15ClN2. The number of para-hydroxylation sites is 2. The normalized spacial score (nSPS) is 11.1. The van der Waals surface area contributed by atoms with Crippen molar-refractivity contribution in [3.63, 3.8) is 0 Å². The van der Waals surface area contributed by atoms with Crippen LogP contribution in [0.1, 0.15) is 11.4 Å². The predicted molar refractivity (Wildman–Crippen MR) is 80.2 cm³/mol. The van der Waals surface area contributed by atoms with Crippen molar-refractivity contribution < 1.29 is 0 Å². The summed E-state index contributed by atoms with van der Waals surface area (Å²) in [6.07, 6.45) is 0.768. The molecular weight excluding hydrogens is 256 g/mol. The molecule has 0 N–H and O–H groups in total. The molecule has 0 aliphatic rings. The van der Waals surface area contributed by atoms with Gasteiger partial charge in [0.2, 0.25) is 0 Å². The van der Waals surface area contributed by atoms with Crippen molar-refractivity contribution in [1.29, 1.82) is 0 Å². The fourth-order valence-corrected chi connectivity index (χ4v) is 2.55. The molecule has 0 unspecified atom stereocenters. The van der Waals surface area contributed by atoms with Crippen LogP contribution in [0, 0.1) is 6.92 Å². The van der Waals surface area contributed by atoms with E-state index in [2.05, 4.69) is 46.8 Å². The van der Waals surface area contributed by atoms with E-state index in [4.69, 9.17) is 11.6 Å². The standard InChI is InChI=1S/C16H15ClN2/c1-12-5-4-6-13(11-12)19-15-8-3-2-7-14(15)18-16(19)9-10-17/h2-8,11H,9-10H2,1H3. The third-order valence-corrected chi connectivity index (χ3v) is 3.40. The minimum Gasteiger partial charge on any atom is -0.296 e. The Kier molecular flexibility index (Phi) is 3.26. The van der Waals surface area contributed by atoms with Gasteiger partial charge >= 0.3 is 0 Å². The van der Waals surface area contributed by atoms with Gasteiger partial charge in [-0.1, -0.05) is 24.3 Å². The summed E-state index contributed by atoms with van der Waals surface area (Å²) >= 11 is 5.90. The van der Waals surface area contributed by atoms with Gasteiger partial charge < -0.3 is 0 Å². The lowest BCUT2D eigenvalue weighted by atomic mass is 10.2. The Morgan fingerprint density at radius 3 is 2.74 bits per heavy atom. The second kappa shape index (κ2) is 5.06. The average Bonchev–Trinajstić information content (AvgIpc) is 2.77. The number of halogens is 1. The highest BCUT2D eigenvalue weighted by atomic mass is 35.5. The summed E-state index contributed by atoms with van der Waals surface area (Å²) in [5.41, 5.74) is 4.54. The second-order valence-corrected chi connectivity index (χ2v) is 5.01. The van der Waals surface area contributed by atoms with Gasteiger partial charge in [0.15, 0.2) is 0 Å². The lowest BCUT2D eigenvalue weighted by molar-refractivity contribution is 0.911. The van der Waals surface area contributed by atoms with Crippen molar-refractivity contribution in [1.82, 2.24) is 9.55 Å². The molecule has 3 rings (SSSR count). The molecule has 1 aromatic heterocycles. The first-order chi connectivity index (χ1) is 9.29. The Bertz CT molecular complexity index is 716. The van der Waals surface area contributed by atoms with Crippen molar-refractivity contribution >= 4 is 22.6 Å². The van der Waals surface area contributed by atoms with Crippen LogP contribution in [-0.2, 0) is 6.42 Å². The Morgan fingerprint density at radius 1 is 1.11 bits per heavy atom. The molecule has 96 valence electrons. The van der Waals surface area contributed by atoms with Crippen molar-refractivity contribution in [2.24, 2.45) is 0 Å². The largest absolute Gasteiger partial charge is 0.296 e. The third kappa shape index (κ3) is 2.24. The van der Waals surface area contributed by atoms with Crippen LogP contribution in [-0.4, -0.2) is 15.4 Å². The number of fused-ring (bicyclic) bond motifs is 1. The molecule has 0 atom stereocenters. The second-order valence-electron chi connectivity index (χ2n) is 4.63. The van der Waals surface area contributed by atoms with Gasteiger partial charge in [-0.05, 0) is 36.8 Å². The molecule has 2 aromatic carbocycles. The minimum absolute atomic E-state index is 0.579. The Morgan fingerprint density at radius 2 is 1.95 bits per heavy atom. The van der Waals surface area contributed by atoms with Gasteiger partial charge in [-0.25, -0.2) is 4.98 Å². The minimum atomic E-state index is 0.579. The van der Waals surface area contributed by atoms with Crippen LogP contribution in [0.25, 0.3) is 16.7 Å². The van der Waals surface area contributed by atoms with Gasteiger partial charge in [-0.2, -0.15) is 0 Å². The maximum Gasteiger partial charge on any atom is 0.115 e. The van der Waals surface area contributed by atoms with Crippen LogP contribution in [0.5, 0.6) is 0 Å². The van der Waals surface area contributed by atoms with E-state index in [1.54, 1.807) is 0 Å². The van der Waals surface area contributed by atoms with Crippen LogP contribution in [0.4, 0.5) is 0 Å². The van der Waals surface area contributed by atoms with Gasteiger partial charge in [-0.15, -0.1) is 11.6 Å². The summed E-state index contributed by atoms with van der Waals surface area (Å²) in [7, 11) is 0. The monoisotopic (exact) mass is 270 g/mol. The predicted octanol–water partition coefficient (Wildman–Crippen LogP) is 4.12. The number of rotatable bonds is 3. The summed E-state index contributed by atoms with van der Waals surface area (Å²) in [6, 6.07) is 16.7. The molecule has 3 heteroatoms. The molecule has 0 saturated heterocycles. The summed E-state index contributed by atoms with van der Waals surface area (Å²) in [5, 5.41) is 0. The van der Waals surface area contributed by atoms with E-state index in [-0.39, 0.29) is 0 Å².